The van der Waals surface area contributed by atoms with E-state index in [0.29, 0.717) is 12.6 Å². The lowest BCUT2D eigenvalue weighted by molar-refractivity contribution is 0.184. The maximum Gasteiger partial charge on any atom is 0.127 e. The van der Waals surface area contributed by atoms with E-state index in [1.165, 1.54) is 5.56 Å². The Labute approximate surface area is 126 Å². The monoisotopic (exact) mass is 285 g/mol. The van der Waals surface area contributed by atoms with E-state index in [4.69, 9.17) is 9.47 Å². The summed E-state index contributed by atoms with van der Waals surface area (Å²) in [4.78, 5) is 0. The molecule has 1 unspecified atom stereocenters. The lowest BCUT2D eigenvalue weighted by Crippen LogP contribution is -2.17. The smallest absolute Gasteiger partial charge is 0.127 e. The number of methoxy groups -OCH3 is 1. The lowest BCUT2D eigenvalue weighted by atomic mass is 10.1. The molecule has 2 rings (SSSR count). The van der Waals surface area contributed by atoms with Gasteiger partial charge in [-0.05, 0) is 48.9 Å². The minimum Gasteiger partial charge on any atom is -0.457 e. The molecule has 0 spiro atoms. The van der Waals surface area contributed by atoms with Gasteiger partial charge in [0.15, 0.2) is 0 Å². The third-order valence-corrected chi connectivity index (χ3v) is 3.31. The van der Waals surface area contributed by atoms with Crippen LogP contribution in [0.3, 0.4) is 0 Å². The minimum atomic E-state index is 0.318. The van der Waals surface area contributed by atoms with E-state index in [9.17, 15) is 0 Å². The van der Waals surface area contributed by atoms with Crippen molar-refractivity contribution in [3.8, 4) is 11.5 Å². The van der Waals surface area contributed by atoms with Crippen molar-refractivity contribution in [2.45, 2.75) is 26.5 Å². The van der Waals surface area contributed by atoms with Crippen molar-refractivity contribution in [2.24, 2.45) is 0 Å². The van der Waals surface area contributed by atoms with E-state index in [2.05, 4.69) is 31.3 Å². The van der Waals surface area contributed by atoms with Crippen molar-refractivity contribution in [1.82, 2.24) is 5.32 Å². The Morgan fingerprint density at radius 3 is 2.48 bits per heavy atom. The molecule has 1 N–H and O–H groups in total. The lowest BCUT2D eigenvalue weighted by Gasteiger charge is -2.14. The summed E-state index contributed by atoms with van der Waals surface area (Å²) in [6.45, 7) is 5.81. The van der Waals surface area contributed by atoms with Crippen LogP contribution in [-0.2, 0) is 11.3 Å². The number of benzene rings is 2. The Morgan fingerprint density at radius 1 is 1.05 bits per heavy atom. The van der Waals surface area contributed by atoms with E-state index < -0.39 is 0 Å². The van der Waals surface area contributed by atoms with Crippen molar-refractivity contribution in [1.29, 1.82) is 0 Å². The first-order chi connectivity index (χ1) is 10.2. The van der Waals surface area contributed by atoms with Crippen molar-refractivity contribution < 1.29 is 9.47 Å². The van der Waals surface area contributed by atoms with Crippen molar-refractivity contribution in [2.75, 3.05) is 13.7 Å². The summed E-state index contributed by atoms with van der Waals surface area (Å²) in [6, 6.07) is 16.5. The highest BCUT2D eigenvalue weighted by Gasteiger charge is 2.05. The molecule has 0 heterocycles. The molecule has 21 heavy (non-hydrogen) atoms. The number of hydrogen-bond acceptors (Lipinski definition) is 3. The summed E-state index contributed by atoms with van der Waals surface area (Å²) in [6.07, 6.45) is 0. The fourth-order valence-corrected chi connectivity index (χ4v) is 2.27. The van der Waals surface area contributed by atoms with Gasteiger partial charge in [0.05, 0.1) is 6.61 Å². The molecule has 3 heteroatoms. The van der Waals surface area contributed by atoms with E-state index in [-0.39, 0.29) is 0 Å². The van der Waals surface area contributed by atoms with Crippen LogP contribution >= 0.6 is 0 Å². The van der Waals surface area contributed by atoms with Crippen LogP contribution in [-0.4, -0.2) is 13.7 Å². The predicted octanol–water partition coefficient (Wildman–Crippen LogP) is 4.30. The fraction of sp³-hybridized carbons (Fsp3) is 0.333. The molecule has 0 radical (unpaired) electrons. The van der Waals surface area contributed by atoms with Gasteiger partial charge in [0.25, 0.3) is 0 Å². The van der Waals surface area contributed by atoms with E-state index in [1.54, 1.807) is 7.11 Å². The van der Waals surface area contributed by atoms with Crippen molar-refractivity contribution in [3.63, 3.8) is 0 Å². The number of nitrogens with one attached hydrogen (secondary N) is 1. The molecule has 2 aromatic rings. The van der Waals surface area contributed by atoms with Crippen molar-refractivity contribution in [3.05, 3.63) is 59.7 Å². The molecule has 2 aromatic carbocycles. The summed E-state index contributed by atoms with van der Waals surface area (Å²) in [5, 5.41) is 3.41. The average molecular weight is 285 g/mol. The minimum absolute atomic E-state index is 0.318. The average Bonchev–Trinajstić information content (AvgIpc) is 2.48. The van der Waals surface area contributed by atoms with Crippen LogP contribution in [0.4, 0.5) is 0 Å². The maximum absolute atomic E-state index is 5.95. The molecule has 0 saturated carbocycles. The highest BCUT2D eigenvalue weighted by molar-refractivity contribution is 5.36. The molecular weight excluding hydrogens is 262 g/mol. The third kappa shape index (κ3) is 4.59. The predicted molar refractivity (Wildman–Crippen MR) is 85.8 cm³/mol. The molecular formula is C18H23NO2. The van der Waals surface area contributed by atoms with Gasteiger partial charge >= 0.3 is 0 Å². The van der Waals surface area contributed by atoms with E-state index >= 15 is 0 Å². The maximum atomic E-state index is 5.95. The summed E-state index contributed by atoms with van der Waals surface area (Å²) in [5.41, 5.74) is 2.33. The molecule has 112 valence electrons. The molecule has 0 saturated heterocycles. The highest BCUT2D eigenvalue weighted by atomic mass is 16.5. The van der Waals surface area contributed by atoms with Crippen LogP contribution < -0.4 is 10.1 Å². The van der Waals surface area contributed by atoms with Gasteiger partial charge in [-0.15, -0.1) is 0 Å². The van der Waals surface area contributed by atoms with Gasteiger partial charge in [0.2, 0.25) is 0 Å². The second-order valence-electron chi connectivity index (χ2n) is 5.03. The van der Waals surface area contributed by atoms with Gasteiger partial charge in [-0.3, -0.25) is 0 Å². The largest absolute Gasteiger partial charge is 0.457 e. The van der Waals surface area contributed by atoms with Gasteiger partial charge in [-0.25, -0.2) is 0 Å². The first kappa shape index (κ1) is 15.5. The third-order valence-electron chi connectivity index (χ3n) is 3.31. The Bertz CT molecular complexity index is 569. The van der Waals surface area contributed by atoms with Crippen LogP contribution in [0.25, 0.3) is 0 Å². The van der Waals surface area contributed by atoms with E-state index in [0.717, 1.165) is 23.6 Å². The molecule has 0 aliphatic carbocycles. The Balaban J connectivity index is 2.12. The van der Waals surface area contributed by atoms with Crippen LogP contribution in [0.2, 0.25) is 0 Å². The van der Waals surface area contributed by atoms with Crippen molar-refractivity contribution >= 4 is 0 Å². The molecule has 0 aromatic heterocycles. The van der Waals surface area contributed by atoms with Gasteiger partial charge < -0.3 is 14.8 Å². The zero-order valence-electron chi connectivity index (χ0n) is 12.9. The Kier molecular flexibility index (Phi) is 5.78. The standard InChI is InChI=1S/C18H23NO2/c1-4-19-14(2)16-8-6-10-18(12-16)21-17-9-5-7-15(11-17)13-20-3/h5-12,14,19H,4,13H2,1-3H3. The normalized spacial score (nSPS) is 12.1. The zero-order chi connectivity index (χ0) is 15.1. The number of hydrogen-bond donors (Lipinski definition) is 1. The van der Waals surface area contributed by atoms with Crippen LogP contribution in [0.15, 0.2) is 48.5 Å². The molecule has 3 nitrogen and oxygen atoms in total. The van der Waals surface area contributed by atoms with Gasteiger partial charge in [0.1, 0.15) is 11.5 Å². The number of rotatable bonds is 7. The first-order valence-corrected chi connectivity index (χ1v) is 7.32. The molecule has 0 fully saturated rings. The molecule has 0 amide bonds. The van der Waals surface area contributed by atoms with Gasteiger partial charge in [0, 0.05) is 13.2 Å². The zero-order valence-corrected chi connectivity index (χ0v) is 12.9. The van der Waals surface area contributed by atoms with E-state index in [1.807, 2.05) is 36.4 Å². The SMILES string of the molecule is CCNC(C)c1cccc(Oc2cccc(COC)c2)c1. The number of ether oxygens (including phenoxy) is 2. The molecule has 0 aliphatic rings. The highest BCUT2D eigenvalue weighted by Crippen LogP contribution is 2.25. The summed E-state index contributed by atoms with van der Waals surface area (Å²) in [5.74, 6) is 1.68. The first-order valence-electron chi connectivity index (χ1n) is 7.32. The summed E-state index contributed by atoms with van der Waals surface area (Å²) < 4.78 is 11.1. The Hall–Kier alpha value is -1.84. The molecule has 1 atom stereocenters. The van der Waals surface area contributed by atoms with Crippen LogP contribution in [0.5, 0.6) is 11.5 Å². The topological polar surface area (TPSA) is 30.5 Å². The summed E-state index contributed by atoms with van der Waals surface area (Å²) in [7, 11) is 1.69. The molecule has 0 bridgehead atoms. The second kappa shape index (κ2) is 7.81. The van der Waals surface area contributed by atoms with Crippen LogP contribution in [0, 0.1) is 0 Å². The van der Waals surface area contributed by atoms with Gasteiger partial charge in [-0.1, -0.05) is 31.2 Å². The quantitative estimate of drug-likeness (QED) is 0.823. The van der Waals surface area contributed by atoms with Crippen LogP contribution in [0.1, 0.15) is 31.0 Å². The molecule has 0 aliphatic heterocycles. The second-order valence-corrected chi connectivity index (χ2v) is 5.03. The summed E-state index contributed by atoms with van der Waals surface area (Å²) >= 11 is 0. The van der Waals surface area contributed by atoms with Gasteiger partial charge in [-0.2, -0.15) is 0 Å². The fourth-order valence-electron chi connectivity index (χ4n) is 2.27. The Morgan fingerprint density at radius 2 is 1.76 bits per heavy atom.